The number of nitrogens with zero attached hydrogens (tertiary/aromatic N) is 2. The highest BCUT2D eigenvalue weighted by atomic mass is 19.1. The van der Waals surface area contributed by atoms with E-state index < -0.39 is 6.04 Å². The van der Waals surface area contributed by atoms with E-state index in [0.717, 1.165) is 58.4 Å². The van der Waals surface area contributed by atoms with E-state index in [2.05, 4.69) is 27.4 Å². The first kappa shape index (κ1) is 20.0. The summed E-state index contributed by atoms with van der Waals surface area (Å²) in [7, 11) is 0. The zero-order valence-electron chi connectivity index (χ0n) is 18.7. The number of carbonyl (C=O) groups excluding carboxylic acids is 1. The van der Waals surface area contributed by atoms with Crippen LogP contribution in [0, 0.1) is 19.7 Å². The van der Waals surface area contributed by atoms with E-state index in [0.29, 0.717) is 0 Å². The molecular weight excluding hydrogens is 415 g/mol. The number of amides is 2. The average Bonchev–Trinajstić information content (AvgIpc) is 3.43. The van der Waals surface area contributed by atoms with Crippen molar-refractivity contribution in [2.24, 2.45) is 0 Å². The van der Waals surface area contributed by atoms with Crippen LogP contribution in [0.1, 0.15) is 46.8 Å². The average molecular weight is 441 g/mol. The molecule has 2 amide bonds. The summed E-state index contributed by atoms with van der Waals surface area (Å²) in [5, 5.41) is 4.21. The lowest BCUT2D eigenvalue weighted by Gasteiger charge is -2.43. The highest BCUT2D eigenvalue weighted by Gasteiger charge is 2.57. The molecule has 166 valence electrons. The molecule has 1 aliphatic heterocycles. The van der Waals surface area contributed by atoms with Crippen molar-refractivity contribution in [3.63, 3.8) is 0 Å². The maximum Gasteiger partial charge on any atom is 0.323 e. The van der Waals surface area contributed by atoms with Gasteiger partial charge >= 0.3 is 6.03 Å². The fraction of sp³-hybridized carbons (Fsp3) is 0.259. The molecule has 2 aromatic carbocycles. The molecule has 2 N–H and O–H groups in total. The monoisotopic (exact) mass is 440 g/mol. The molecule has 1 spiro atoms. The fourth-order valence-corrected chi connectivity index (χ4v) is 5.46. The number of nitrogens with one attached hydrogen (secondary N) is 2. The topological polar surface area (TPSA) is 61.0 Å². The summed E-state index contributed by atoms with van der Waals surface area (Å²) in [5.41, 5.74) is 6.34. The number of carbonyl (C=O) groups is 1. The van der Waals surface area contributed by atoms with Crippen LogP contribution in [0.15, 0.2) is 60.8 Å². The third-order valence-electron chi connectivity index (χ3n) is 6.94. The number of anilines is 1. The Hall–Kier alpha value is -3.67. The number of rotatable bonds is 2. The van der Waals surface area contributed by atoms with Crippen LogP contribution in [0.4, 0.5) is 14.9 Å². The molecule has 0 bridgehead atoms. The molecule has 6 rings (SSSR count). The first-order valence-electron chi connectivity index (χ1n) is 11.3. The van der Waals surface area contributed by atoms with E-state index in [1.807, 2.05) is 43.0 Å². The van der Waals surface area contributed by atoms with Crippen LogP contribution in [0.2, 0.25) is 0 Å². The van der Waals surface area contributed by atoms with Crippen LogP contribution < -0.4 is 5.32 Å². The Bertz CT molecular complexity index is 1380. The molecule has 0 saturated heterocycles. The molecule has 1 unspecified atom stereocenters. The van der Waals surface area contributed by atoms with Crippen LogP contribution in [0.25, 0.3) is 11.0 Å². The van der Waals surface area contributed by atoms with Crippen LogP contribution in [-0.2, 0) is 6.42 Å². The van der Waals surface area contributed by atoms with Crippen molar-refractivity contribution < 1.29 is 9.18 Å². The van der Waals surface area contributed by atoms with Gasteiger partial charge in [-0.2, -0.15) is 0 Å². The van der Waals surface area contributed by atoms with Gasteiger partial charge in [0, 0.05) is 28.5 Å². The Balaban J connectivity index is 1.50. The second-order valence-corrected chi connectivity index (χ2v) is 9.45. The second-order valence-electron chi connectivity index (χ2n) is 9.45. The molecule has 1 atom stereocenters. The molecule has 2 aliphatic rings. The Kier molecular flexibility index (Phi) is 4.34. The number of hydrogen-bond donors (Lipinski definition) is 2. The summed E-state index contributed by atoms with van der Waals surface area (Å²) in [6.07, 6.45) is 4.37. The van der Waals surface area contributed by atoms with Gasteiger partial charge < -0.3 is 15.2 Å². The van der Waals surface area contributed by atoms with Gasteiger partial charge in [-0.1, -0.05) is 18.2 Å². The Morgan fingerprint density at radius 2 is 1.91 bits per heavy atom. The molecule has 5 nitrogen and oxygen atoms in total. The van der Waals surface area contributed by atoms with Crippen LogP contribution in [-0.4, -0.2) is 26.4 Å². The van der Waals surface area contributed by atoms with Gasteiger partial charge in [0.2, 0.25) is 0 Å². The predicted molar refractivity (Wildman–Crippen MR) is 127 cm³/mol. The Labute approximate surface area is 191 Å². The summed E-state index contributed by atoms with van der Waals surface area (Å²) in [6.45, 7) is 4.04. The van der Waals surface area contributed by atoms with E-state index in [9.17, 15) is 9.18 Å². The summed E-state index contributed by atoms with van der Waals surface area (Å²) < 4.78 is 14.3. The van der Waals surface area contributed by atoms with Crippen LogP contribution in [0.3, 0.4) is 0 Å². The lowest BCUT2D eigenvalue weighted by atomic mass is 9.87. The Morgan fingerprint density at radius 3 is 2.64 bits per heavy atom. The molecule has 1 saturated carbocycles. The van der Waals surface area contributed by atoms with Gasteiger partial charge in [0.1, 0.15) is 11.5 Å². The molecule has 1 aliphatic carbocycles. The van der Waals surface area contributed by atoms with E-state index in [-0.39, 0.29) is 17.4 Å². The minimum atomic E-state index is -0.424. The molecule has 0 radical (unpaired) electrons. The van der Waals surface area contributed by atoms with Gasteiger partial charge in [-0.25, -0.2) is 14.2 Å². The quantitative estimate of drug-likeness (QED) is 0.400. The van der Waals surface area contributed by atoms with E-state index in [4.69, 9.17) is 0 Å². The lowest BCUT2D eigenvalue weighted by molar-refractivity contribution is 0.146. The zero-order chi connectivity index (χ0) is 22.7. The first-order valence-corrected chi connectivity index (χ1v) is 11.3. The maximum atomic E-state index is 14.3. The van der Waals surface area contributed by atoms with Gasteiger partial charge in [0.05, 0.1) is 6.04 Å². The van der Waals surface area contributed by atoms with Gasteiger partial charge in [0.15, 0.2) is 0 Å². The first-order chi connectivity index (χ1) is 15.9. The molecule has 3 heterocycles. The smallest absolute Gasteiger partial charge is 0.323 e. The molecular formula is C27H25FN4O. The number of aryl methyl sites for hydroxylation is 2. The molecule has 33 heavy (non-hydrogen) atoms. The summed E-state index contributed by atoms with van der Waals surface area (Å²) in [5.74, 6) is -0.312. The van der Waals surface area contributed by atoms with Crippen LogP contribution in [0.5, 0.6) is 0 Å². The van der Waals surface area contributed by atoms with Crippen LogP contribution >= 0.6 is 0 Å². The number of pyridine rings is 1. The summed E-state index contributed by atoms with van der Waals surface area (Å²) >= 11 is 0. The highest BCUT2D eigenvalue weighted by Crippen LogP contribution is 2.55. The van der Waals surface area contributed by atoms with Crippen molar-refractivity contribution in [2.45, 2.75) is 44.7 Å². The van der Waals surface area contributed by atoms with Gasteiger partial charge in [-0.15, -0.1) is 0 Å². The minimum Gasteiger partial charge on any atom is -0.341 e. The fourth-order valence-electron chi connectivity index (χ4n) is 5.46. The van der Waals surface area contributed by atoms with Crippen molar-refractivity contribution in [1.82, 2.24) is 14.9 Å². The normalized spacial score (nSPS) is 18.4. The van der Waals surface area contributed by atoms with Crippen molar-refractivity contribution in [3.8, 4) is 0 Å². The number of halogens is 1. The number of benzene rings is 2. The van der Waals surface area contributed by atoms with Gasteiger partial charge in [0.25, 0.3) is 0 Å². The largest absolute Gasteiger partial charge is 0.341 e. The second kappa shape index (κ2) is 7.17. The minimum absolute atomic E-state index is 0.163. The van der Waals surface area contributed by atoms with Crippen molar-refractivity contribution in [3.05, 3.63) is 94.6 Å². The number of fused-ring (bicyclic) bond motifs is 3. The predicted octanol–water partition coefficient (Wildman–Crippen LogP) is 6.03. The maximum absolute atomic E-state index is 14.3. The summed E-state index contributed by atoms with van der Waals surface area (Å²) in [6, 6.07) is 16.0. The Morgan fingerprint density at radius 1 is 1.12 bits per heavy atom. The molecule has 6 heteroatoms. The molecule has 2 aromatic heterocycles. The zero-order valence-corrected chi connectivity index (χ0v) is 18.7. The molecule has 4 aromatic rings. The van der Waals surface area contributed by atoms with Gasteiger partial charge in [-0.05, 0) is 91.8 Å². The van der Waals surface area contributed by atoms with Crippen molar-refractivity contribution in [1.29, 1.82) is 0 Å². The standard InChI is InChI=1S/C27H25FN4O/c1-16-11-17(2)13-20(12-16)30-26(33)32-24(18-5-3-6-19(28)14-18)23-22(15-27(32)8-9-27)21-7-4-10-29-25(21)31-23/h3-7,10-14,24H,8-9,15H2,1-2H3,(H,29,31)(H,30,33). The SMILES string of the molecule is Cc1cc(C)cc(NC(=O)N2C(c3cccc(F)c3)c3[nH]c4ncccc4c3CC23CC3)c1. The van der Waals surface area contributed by atoms with E-state index >= 15 is 0 Å². The van der Waals surface area contributed by atoms with E-state index in [1.54, 1.807) is 12.3 Å². The third kappa shape index (κ3) is 3.28. The highest BCUT2D eigenvalue weighted by molar-refractivity contribution is 5.92. The number of aromatic amines is 1. The number of hydrogen-bond acceptors (Lipinski definition) is 2. The molecule has 1 fully saturated rings. The van der Waals surface area contributed by atoms with Crippen molar-refractivity contribution >= 4 is 22.8 Å². The third-order valence-corrected chi connectivity index (χ3v) is 6.94. The van der Waals surface area contributed by atoms with Gasteiger partial charge in [-0.3, -0.25) is 0 Å². The van der Waals surface area contributed by atoms with E-state index in [1.165, 1.54) is 17.7 Å². The number of H-pyrrole nitrogens is 1. The summed E-state index contributed by atoms with van der Waals surface area (Å²) in [4.78, 5) is 23.7. The number of urea groups is 1. The number of aromatic nitrogens is 2. The lowest BCUT2D eigenvalue weighted by Crippen LogP contribution is -2.51. The van der Waals surface area contributed by atoms with Crippen molar-refractivity contribution in [2.75, 3.05) is 5.32 Å².